The van der Waals surface area contributed by atoms with Crippen molar-refractivity contribution in [2.24, 2.45) is 0 Å². The fourth-order valence-corrected chi connectivity index (χ4v) is 4.17. The van der Waals surface area contributed by atoms with Crippen LogP contribution < -0.4 is 9.64 Å². The molecule has 1 unspecified atom stereocenters. The van der Waals surface area contributed by atoms with Crippen LogP contribution in [0.1, 0.15) is 48.3 Å². The number of esters is 1. The summed E-state index contributed by atoms with van der Waals surface area (Å²) in [6.07, 6.45) is -0.337. The van der Waals surface area contributed by atoms with Crippen LogP contribution in [0.25, 0.3) is 5.76 Å². The maximum absolute atomic E-state index is 13.3. The summed E-state index contributed by atoms with van der Waals surface area (Å²) in [4.78, 5) is 40.4. The smallest absolute Gasteiger partial charge is 0.338 e. The number of carbonyl (C=O) groups is 3. The predicted molar refractivity (Wildman–Crippen MR) is 137 cm³/mol. The summed E-state index contributed by atoms with van der Waals surface area (Å²) in [5, 5.41) is 21.0. The van der Waals surface area contributed by atoms with Gasteiger partial charge in [-0.2, -0.15) is 0 Å². The number of phenols is 1. The van der Waals surface area contributed by atoms with Gasteiger partial charge in [0.2, 0.25) is 0 Å². The van der Waals surface area contributed by atoms with Crippen LogP contribution in [0.4, 0.5) is 5.69 Å². The number of ether oxygens (including phenoxy) is 2. The van der Waals surface area contributed by atoms with Gasteiger partial charge in [0.1, 0.15) is 17.3 Å². The maximum atomic E-state index is 13.3. The lowest BCUT2D eigenvalue weighted by Gasteiger charge is -2.26. The first kappa shape index (κ1) is 25.5. The number of aromatic hydroxyl groups is 1. The third-order valence-electron chi connectivity index (χ3n) is 5.79. The van der Waals surface area contributed by atoms with Crippen LogP contribution in [0.3, 0.4) is 0 Å². The molecule has 2 N–H and O–H groups in total. The quantitative estimate of drug-likeness (QED) is 0.203. The van der Waals surface area contributed by atoms with Crippen molar-refractivity contribution in [3.05, 3.63) is 95.1 Å². The van der Waals surface area contributed by atoms with Crippen molar-refractivity contribution < 1.29 is 34.1 Å². The molecule has 1 fully saturated rings. The molecule has 37 heavy (non-hydrogen) atoms. The van der Waals surface area contributed by atoms with Crippen molar-refractivity contribution in [2.75, 3.05) is 11.5 Å². The van der Waals surface area contributed by atoms with E-state index in [0.717, 1.165) is 0 Å². The molecule has 1 saturated heterocycles. The van der Waals surface area contributed by atoms with Crippen molar-refractivity contribution >= 4 is 29.1 Å². The zero-order valence-electron chi connectivity index (χ0n) is 20.7. The minimum atomic E-state index is -1.01. The number of nitrogens with zero attached hydrogens (tertiary/aromatic N) is 1. The molecular formula is C29H27NO7. The molecule has 1 aliphatic heterocycles. The summed E-state index contributed by atoms with van der Waals surface area (Å²) < 4.78 is 10.7. The van der Waals surface area contributed by atoms with E-state index < -0.39 is 23.7 Å². The van der Waals surface area contributed by atoms with Gasteiger partial charge in [0.05, 0.1) is 29.9 Å². The first-order valence-electron chi connectivity index (χ1n) is 11.9. The average Bonchev–Trinajstić information content (AvgIpc) is 3.14. The predicted octanol–water partition coefficient (Wildman–Crippen LogP) is 4.98. The molecule has 1 atom stereocenters. The molecule has 4 rings (SSSR count). The normalized spacial score (nSPS) is 16.8. The molecule has 0 aliphatic carbocycles. The maximum Gasteiger partial charge on any atom is 0.338 e. The standard InChI is InChI=1S/C29H27NO7/c1-4-36-23-14-10-19(11-15-23)26(32)24-25(18-8-12-22(31)13-9-18)30(28(34)27(24)33)21-7-5-6-20(16-21)29(35)37-17(2)3/h5-17,25,31-32H,4H2,1-3H3/b26-24+. The van der Waals surface area contributed by atoms with Gasteiger partial charge in [0.15, 0.2) is 0 Å². The van der Waals surface area contributed by atoms with Crippen LogP contribution in [0.2, 0.25) is 0 Å². The van der Waals surface area contributed by atoms with E-state index in [1.807, 2.05) is 6.92 Å². The number of hydrogen-bond donors (Lipinski definition) is 2. The van der Waals surface area contributed by atoms with Crippen molar-refractivity contribution in [1.82, 2.24) is 0 Å². The first-order chi connectivity index (χ1) is 17.7. The fraction of sp³-hybridized carbons (Fsp3) is 0.207. The minimum Gasteiger partial charge on any atom is -0.508 e. The van der Waals surface area contributed by atoms with E-state index in [1.165, 1.54) is 23.1 Å². The molecule has 0 saturated carbocycles. The van der Waals surface area contributed by atoms with E-state index in [9.17, 15) is 24.6 Å². The number of aliphatic hydroxyl groups excluding tert-OH is 1. The molecule has 1 aliphatic rings. The van der Waals surface area contributed by atoms with Crippen LogP contribution in [0, 0.1) is 0 Å². The molecule has 190 valence electrons. The topological polar surface area (TPSA) is 113 Å². The van der Waals surface area contributed by atoms with Crippen molar-refractivity contribution in [1.29, 1.82) is 0 Å². The van der Waals surface area contributed by atoms with Crippen molar-refractivity contribution in [3.8, 4) is 11.5 Å². The van der Waals surface area contributed by atoms with Gasteiger partial charge >= 0.3 is 5.97 Å². The summed E-state index contributed by atoms with van der Waals surface area (Å²) in [6, 6.07) is 17.7. The molecule has 1 amide bonds. The zero-order valence-corrected chi connectivity index (χ0v) is 20.7. The van der Waals surface area contributed by atoms with Gasteiger partial charge in [-0.25, -0.2) is 4.79 Å². The Labute approximate surface area is 214 Å². The van der Waals surface area contributed by atoms with Crippen LogP contribution in [-0.2, 0) is 14.3 Å². The number of Topliss-reactive ketones (excluding diaryl/α,β-unsaturated/α-hetero) is 1. The molecule has 3 aromatic carbocycles. The van der Waals surface area contributed by atoms with Crippen molar-refractivity contribution in [3.63, 3.8) is 0 Å². The van der Waals surface area contributed by atoms with Crippen LogP contribution in [-0.4, -0.2) is 40.6 Å². The average molecular weight is 502 g/mol. The molecule has 0 bridgehead atoms. The summed E-state index contributed by atoms with van der Waals surface area (Å²) in [6.45, 7) is 5.78. The van der Waals surface area contributed by atoms with Crippen LogP contribution in [0.5, 0.6) is 11.5 Å². The number of ketones is 1. The second-order valence-electron chi connectivity index (χ2n) is 8.72. The van der Waals surface area contributed by atoms with Gasteiger partial charge in [0, 0.05) is 11.3 Å². The Balaban J connectivity index is 1.85. The van der Waals surface area contributed by atoms with E-state index in [-0.39, 0.29) is 34.4 Å². The Bertz CT molecular complexity index is 1360. The zero-order chi connectivity index (χ0) is 26.7. The Kier molecular flexibility index (Phi) is 7.29. The highest BCUT2D eigenvalue weighted by Gasteiger charge is 2.47. The highest BCUT2D eigenvalue weighted by atomic mass is 16.5. The Hall–Kier alpha value is -4.59. The number of benzene rings is 3. The largest absolute Gasteiger partial charge is 0.508 e. The highest BCUT2D eigenvalue weighted by molar-refractivity contribution is 6.51. The summed E-state index contributed by atoms with van der Waals surface area (Å²) in [5.74, 6) is -2.05. The molecule has 8 nitrogen and oxygen atoms in total. The molecule has 0 aromatic heterocycles. The SMILES string of the molecule is CCOc1ccc(/C(O)=C2\C(=O)C(=O)N(c3cccc(C(=O)OC(C)C)c3)C2c2ccc(O)cc2)cc1. The van der Waals surface area contributed by atoms with Gasteiger partial charge in [0.25, 0.3) is 11.7 Å². The molecule has 0 radical (unpaired) electrons. The van der Waals surface area contributed by atoms with Gasteiger partial charge in [-0.3, -0.25) is 14.5 Å². The van der Waals surface area contributed by atoms with Crippen LogP contribution in [0.15, 0.2) is 78.4 Å². The number of aliphatic hydroxyl groups is 1. The minimum absolute atomic E-state index is 0.00522. The van der Waals surface area contributed by atoms with Gasteiger partial charge < -0.3 is 19.7 Å². The first-order valence-corrected chi connectivity index (χ1v) is 11.9. The molecule has 0 spiro atoms. The van der Waals surface area contributed by atoms with E-state index in [1.54, 1.807) is 68.4 Å². The second-order valence-corrected chi connectivity index (χ2v) is 8.72. The fourth-order valence-electron chi connectivity index (χ4n) is 4.17. The lowest BCUT2D eigenvalue weighted by atomic mass is 9.95. The van der Waals surface area contributed by atoms with E-state index in [2.05, 4.69) is 0 Å². The lowest BCUT2D eigenvalue weighted by molar-refractivity contribution is -0.132. The lowest BCUT2D eigenvalue weighted by Crippen LogP contribution is -2.29. The van der Waals surface area contributed by atoms with Gasteiger partial charge in [-0.05, 0) is 80.9 Å². The van der Waals surface area contributed by atoms with Crippen molar-refractivity contribution in [2.45, 2.75) is 32.9 Å². The van der Waals surface area contributed by atoms with Gasteiger partial charge in [-0.15, -0.1) is 0 Å². The molecule has 1 heterocycles. The molecule has 8 heteroatoms. The number of hydrogen-bond acceptors (Lipinski definition) is 7. The highest BCUT2D eigenvalue weighted by Crippen LogP contribution is 2.42. The third kappa shape index (κ3) is 5.18. The monoisotopic (exact) mass is 501 g/mol. The van der Waals surface area contributed by atoms with Gasteiger partial charge in [-0.1, -0.05) is 18.2 Å². The number of amides is 1. The number of phenolic OH excluding ortho intramolecular Hbond substituents is 1. The Morgan fingerprint density at radius 3 is 2.27 bits per heavy atom. The summed E-state index contributed by atoms with van der Waals surface area (Å²) >= 11 is 0. The van der Waals surface area contributed by atoms with E-state index in [4.69, 9.17) is 9.47 Å². The summed E-state index contributed by atoms with van der Waals surface area (Å²) in [7, 11) is 0. The Morgan fingerprint density at radius 1 is 0.973 bits per heavy atom. The van der Waals surface area contributed by atoms with E-state index in [0.29, 0.717) is 23.5 Å². The number of carbonyl (C=O) groups excluding carboxylic acids is 3. The van der Waals surface area contributed by atoms with Crippen LogP contribution >= 0.6 is 0 Å². The van der Waals surface area contributed by atoms with E-state index >= 15 is 0 Å². The second kappa shape index (κ2) is 10.6. The molecular weight excluding hydrogens is 474 g/mol. The summed E-state index contributed by atoms with van der Waals surface area (Å²) in [5.41, 5.74) is 1.20. The number of rotatable bonds is 7. The molecule has 3 aromatic rings. The number of anilines is 1. The Morgan fingerprint density at radius 2 is 1.65 bits per heavy atom. The third-order valence-corrected chi connectivity index (χ3v) is 5.79.